The Labute approximate surface area is 245 Å². The molecular weight excluding hydrogens is 554 g/mol. The molecule has 0 spiro atoms. The second kappa shape index (κ2) is 16.7. The van der Waals surface area contributed by atoms with E-state index in [-0.39, 0.29) is 11.7 Å². The number of aromatic nitrogens is 1. The van der Waals surface area contributed by atoms with E-state index < -0.39 is 12.2 Å². The second-order valence-electron chi connectivity index (χ2n) is 9.66. The van der Waals surface area contributed by atoms with Crippen LogP contribution in [0.5, 0.6) is 0 Å². The monoisotopic (exact) mass is 593 g/mol. The van der Waals surface area contributed by atoms with Gasteiger partial charge in [0.15, 0.2) is 0 Å². The first-order chi connectivity index (χ1) is 18.6. The van der Waals surface area contributed by atoms with Crippen molar-refractivity contribution in [1.29, 1.82) is 5.26 Å². The Morgan fingerprint density at radius 1 is 1.18 bits per heavy atom. The van der Waals surface area contributed by atoms with Crippen molar-refractivity contribution in [1.82, 2.24) is 9.71 Å². The Balaban J connectivity index is 0.000000869. The molecule has 1 N–H and O–H groups in total. The van der Waals surface area contributed by atoms with E-state index in [1.54, 1.807) is 36.9 Å². The summed E-state index contributed by atoms with van der Waals surface area (Å²) in [6.45, 7) is 18.6. The average molecular weight is 594 g/mol. The van der Waals surface area contributed by atoms with Crippen LogP contribution in [0.15, 0.2) is 57.8 Å². The standard InChI is InChI=1S/C24H27F4N3S.C7H12S/c1-6-14(2)9-20(21(12-29)19-11-22(25)16(4)10-15(19)3)23-8-7-18(13-30-23)32-31-17(5)24(26,27)28;1-5-7(4)8-6(2)3/h7-8,10-11,13-14,17,31H,6,9H2,1-5H3;5H,2H2,1,3-4H3/b21-20+;7-5-. The van der Waals surface area contributed by atoms with Crippen molar-refractivity contribution in [2.45, 2.75) is 85.3 Å². The number of alkyl halides is 3. The molecular formula is C31H39F4N3S2. The molecule has 1 heterocycles. The summed E-state index contributed by atoms with van der Waals surface area (Å²) in [6.07, 6.45) is 0.673. The Hall–Kier alpha value is -2.54. The first-order valence-electron chi connectivity index (χ1n) is 13.0. The number of allylic oxidation sites excluding steroid dienone is 5. The zero-order chi connectivity index (χ0) is 30.6. The van der Waals surface area contributed by atoms with Crippen LogP contribution in [0.2, 0.25) is 0 Å². The topological polar surface area (TPSA) is 48.7 Å². The highest BCUT2D eigenvalue weighted by Gasteiger charge is 2.35. The van der Waals surface area contributed by atoms with E-state index in [0.29, 0.717) is 39.3 Å². The Kier molecular flexibility index (Phi) is 14.8. The van der Waals surface area contributed by atoms with Gasteiger partial charge in [0.05, 0.1) is 11.3 Å². The number of hydrogen-bond donors (Lipinski definition) is 1. The van der Waals surface area contributed by atoms with Crippen molar-refractivity contribution in [3.8, 4) is 6.07 Å². The third kappa shape index (κ3) is 11.5. The van der Waals surface area contributed by atoms with Crippen molar-refractivity contribution in [3.05, 3.63) is 81.1 Å². The highest BCUT2D eigenvalue weighted by Crippen LogP contribution is 2.34. The normalized spacial score (nSPS) is 13.9. The van der Waals surface area contributed by atoms with Crippen LogP contribution in [0, 0.1) is 36.9 Å². The Morgan fingerprint density at radius 3 is 2.27 bits per heavy atom. The van der Waals surface area contributed by atoms with E-state index >= 15 is 0 Å². The quantitative estimate of drug-likeness (QED) is 0.169. The van der Waals surface area contributed by atoms with Gasteiger partial charge in [-0.15, -0.1) is 11.8 Å². The third-order valence-corrected chi connectivity index (χ3v) is 7.92. The number of hydrogen-bond acceptors (Lipinski definition) is 5. The highest BCUT2D eigenvalue weighted by atomic mass is 32.2. The number of pyridine rings is 1. The van der Waals surface area contributed by atoms with Gasteiger partial charge < -0.3 is 0 Å². The lowest BCUT2D eigenvalue weighted by Gasteiger charge is -2.18. The molecule has 1 aromatic carbocycles. The van der Waals surface area contributed by atoms with E-state index in [4.69, 9.17) is 0 Å². The molecule has 0 fully saturated rings. The van der Waals surface area contributed by atoms with E-state index in [9.17, 15) is 22.8 Å². The van der Waals surface area contributed by atoms with Crippen molar-refractivity contribution < 1.29 is 17.6 Å². The van der Waals surface area contributed by atoms with Crippen LogP contribution in [-0.2, 0) is 0 Å². The van der Waals surface area contributed by atoms with Crippen LogP contribution < -0.4 is 4.72 Å². The van der Waals surface area contributed by atoms with Gasteiger partial charge in [0, 0.05) is 11.1 Å². The van der Waals surface area contributed by atoms with E-state index in [1.807, 2.05) is 27.7 Å². The van der Waals surface area contributed by atoms with Crippen LogP contribution in [-0.4, -0.2) is 17.2 Å². The molecule has 1 aromatic heterocycles. The fourth-order valence-electron chi connectivity index (χ4n) is 3.39. The molecule has 0 aliphatic carbocycles. The van der Waals surface area contributed by atoms with Crippen LogP contribution in [0.4, 0.5) is 17.6 Å². The summed E-state index contributed by atoms with van der Waals surface area (Å²) in [5.74, 6) is -0.125. The maximum Gasteiger partial charge on any atom is 0.404 e. The molecule has 2 aromatic rings. The molecule has 0 amide bonds. The zero-order valence-electron chi connectivity index (χ0n) is 24.5. The van der Waals surface area contributed by atoms with Crippen LogP contribution in [0.1, 0.15) is 76.8 Å². The van der Waals surface area contributed by atoms with Gasteiger partial charge in [-0.3, -0.25) is 4.98 Å². The number of aryl methyl sites for hydroxylation is 2. The maximum absolute atomic E-state index is 14.3. The molecule has 0 saturated carbocycles. The lowest BCUT2D eigenvalue weighted by molar-refractivity contribution is -0.146. The highest BCUT2D eigenvalue weighted by molar-refractivity contribution is 8.06. The summed E-state index contributed by atoms with van der Waals surface area (Å²) in [7, 11) is 0. The second-order valence-corrected chi connectivity index (χ2v) is 12.1. The largest absolute Gasteiger partial charge is 0.404 e. The molecule has 9 heteroatoms. The summed E-state index contributed by atoms with van der Waals surface area (Å²) < 4.78 is 54.7. The number of rotatable bonds is 10. The minimum atomic E-state index is -4.34. The summed E-state index contributed by atoms with van der Waals surface area (Å²) >= 11 is 2.57. The molecule has 0 saturated heterocycles. The predicted octanol–water partition coefficient (Wildman–Crippen LogP) is 10.4. The molecule has 0 radical (unpaired) electrons. The van der Waals surface area contributed by atoms with Gasteiger partial charge in [-0.1, -0.05) is 39.0 Å². The zero-order valence-corrected chi connectivity index (χ0v) is 26.1. The lowest BCUT2D eigenvalue weighted by atomic mass is 9.88. The molecule has 2 rings (SSSR count). The van der Waals surface area contributed by atoms with E-state index in [2.05, 4.69) is 42.3 Å². The summed E-state index contributed by atoms with van der Waals surface area (Å²) in [5.41, 5.74) is 3.43. The number of nitrogens with one attached hydrogen (secondary N) is 1. The predicted molar refractivity (Wildman–Crippen MR) is 163 cm³/mol. The summed E-state index contributed by atoms with van der Waals surface area (Å²) in [4.78, 5) is 7.41. The Morgan fingerprint density at radius 2 is 1.82 bits per heavy atom. The number of halogens is 4. The molecule has 2 atom stereocenters. The molecule has 40 heavy (non-hydrogen) atoms. The van der Waals surface area contributed by atoms with Gasteiger partial charge in [-0.25, -0.2) is 9.11 Å². The first-order valence-corrected chi connectivity index (χ1v) is 14.6. The van der Waals surface area contributed by atoms with Crippen LogP contribution in [0.3, 0.4) is 0 Å². The van der Waals surface area contributed by atoms with Crippen molar-refractivity contribution in [3.63, 3.8) is 0 Å². The van der Waals surface area contributed by atoms with Gasteiger partial charge in [-0.05, 0) is 116 Å². The van der Waals surface area contributed by atoms with Gasteiger partial charge in [0.25, 0.3) is 0 Å². The van der Waals surface area contributed by atoms with E-state index in [0.717, 1.165) is 35.8 Å². The SMILES string of the molecule is C=C(C)S/C(C)=C\C.CCC(C)C/C(=C(/C#N)c1cc(F)c(C)cc1C)c1ccc(SNC(C)C(F)(F)F)cn1. The molecule has 0 aliphatic rings. The van der Waals surface area contributed by atoms with Gasteiger partial charge in [0.1, 0.15) is 17.9 Å². The van der Waals surface area contributed by atoms with Crippen molar-refractivity contribution in [2.75, 3.05) is 0 Å². The van der Waals surface area contributed by atoms with Crippen molar-refractivity contribution >= 4 is 34.9 Å². The van der Waals surface area contributed by atoms with Gasteiger partial charge in [-0.2, -0.15) is 18.4 Å². The summed E-state index contributed by atoms with van der Waals surface area (Å²) in [6, 6.07) is 7.02. The van der Waals surface area contributed by atoms with Crippen molar-refractivity contribution in [2.24, 2.45) is 5.92 Å². The number of thioether (sulfide) groups is 1. The molecule has 0 aliphatic heterocycles. The first kappa shape index (κ1) is 35.5. The number of nitriles is 1. The maximum atomic E-state index is 14.3. The van der Waals surface area contributed by atoms with Crippen LogP contribution in [0.25, 0.3) is 11.1 Å². The summed E-state index contributed by atoms with van der Waals surface area (Å²) in [5, 5.41) is 9.98. The fourth-order valence-corrected chi connectivity index (χ4v) is 4.74. The third-order valence-electron chi connectivity index (χ3n) is 6.07. The average Bonchev–Trinajstić information content (AvgIpc) is 2.89. The number of benzene rings is 1. The molecule has 218 valence electrons. The lowest BCUT2D eigenvalue weighted by Crippen LogP contribution is -2.35. The van der Waals surface area contributed by atoms with Gasteiger partial charge in [0.2, 0.25) is 0 Å². The van der Waals surface area contributed by atoms with E-state index in [1.165, 1.54) is 17.2 Å². The molecule has 2 unspecified atom stereocenters. The minimum Gasteiger partial charge on any atom is -0.255 e. The number of nitrogens with zero attached hydrogens (tertiary/aromatic N) is 2. The molecule has 3 nitrogen and oxygen atoms in total. The van der Waals surface area contributed by atoms with Crippen LogP contribution >= 0.6 is 23.7 Å². The minimum absolute atomic E-state index is 0.258. The van der Waals surface area contributed by atoms with Gasteiger partial charge >= 0.3 is 6.18 Å². The smallest absolute Gasteiger partial charge is 0.255 e. The Bertz CT molecular complexity index is 1240. The molecule has 0 bridgehead atoms. The fraction of sp³-hybridized carbons (Fsp3) is 0.419.